The summed E-state index contributed by atoms with van der Waals surface area (Å²) in [5, 5.41) is 0. The topological polar surface area (TPSA) is 46.5 Å². The molecule has 36 heavy (non-hydrogen) atoms. The molecule has 0 aromatic carbocycles. The zero-order chi connectivity index (χ0) is 27.0. The first-order valence-electron chi connectivity index (χ1n) is 15.7. The van der Waals surface area contributed by atoms with Crippen LogP contribution in [0, 0.1) is 0 Å². The number of unbranched alkanes of at least 4 members (excludes halogenated alkanes) is 18. The highest BCUT2D eigenvalue weighted by Crippen LogP contribution is 2.51. The Bertz CT molecular complexity index is 544. The fourth-order valence-corrected chi connectivity index (χ4v) is 6.96. The van der Waals surface area contributed by atoms with Crippen molar-refractivity contribution in [3.8, 4) is 0 Å². The predicted molar refractivity (Wildman–Crippen MR) is 160 cm³/mol. The third-order valence-corrected chi connectivity index (χ3v) is 9.51. The summed E-state index contributed by atoms with van der Waals surface area (Å²) in [7, 11) is 2.34. The minimum Gasteiger partial charge on any atom is -0.320 e. The molecule has 0 aliphatic heterocycles. The molecule has 216 valence electrons. The molecule has 0 bridgehead atoms. The molecule has 0 radical (unpaired) electrons. The molecule has 2 atom stereocenters. The highest BCUT2D eigenvalue weighted by molar-refractivity contribution is 7.53. The van der Waals surface area contributed by atoms with Crippen LogP contribution in [0.25, 0.3) is 0 Å². The summed E-state index contributed by atoms with van der Waals surface area (Å²) in [6.45, 7) is 4.74. The van der Waals surface area contributed by atoms with Gasteiger partial charge >= 0.3 is 7.60 Å². The normalized spacial score (nSPS) is 14.9. The standard InChI is InChI=1S/C31H64NO3P/c1-6-8-9-10-11-12-13-14-15-16-17-18-19-20-21-22-23-24-25-26-27-28-30-35-36(33,34)31(29-7-2)32(3,4)5/h21-22,31H,6-20,23-30H2,1-5H3/p+1/b22-21-. The third kappa shape index (κ3) is 21.9. The van der Waals surface area contributed by atoms with E-state index in [-0.39, 0.29) is 5.78 Å². The van der Waals surface area contributed by atoms with Gasteiger partial charge in [0.1, 0.15) is 0 Å². The molecule has 4 nitrogen and oxygen atoms in total. The molecule has 0 saturated carbocycles. The van der Waals surface area contributed by atoms with Crippen molar-refractivity contribution in [2.75, 3.05) is 27.7 Å². The molecule has 0 rings (SSSR count). The number of quaternary nitrogens is 1. The van der Waals surface area contributed by atoms with E-state index in [4.69, 9.17) is 4.52 Å². The average Bonchev–Trinajstić information content (AvgIpc) is 2.82. The van der Waals surface area contributed by atoms with E-state index in [1.807, 2.05) is 21.1 Å². The zero-order valence-electron chi connectivity index (χ0n) is 25.2. The smallest absolute Gasteiger partial charge is 0.320 e. The van der Waals surface area contributed by atoms with Gasteiger partial charge in [-0.3, -0.25) is 4.57 Å². The Hall–Kier alpha value is -0.150. The van der Waals surface area contributed by atoms with Gasteiger partial charge < -0.3 is 13.9 Å². The van der Waals surface area contributed by atoms with Gasteiger partial charge in [-0.25, -0.2) is 0 Å². The third-order valence-electron chi connectivity index (χ3n) is 7.25. The van der Waals surface area contributed by atoms with E-state index in [2.05, 4.69) is 26.0 Å². The Morgan fingerprint density at radius 1 is 0.639 bits per heavy atom. The van der Waals surface area contributed by atoms with Crippen LogP contribution in [0.1, 0.15) is 155 Å². The molecule has 1 N–H and O–H groups in total. The van der Waals surface area contributed by atoms with Crippen molar-refractivity contribution in [1.29, 1.82) is 0 Å². The largest absolute Gasteiger partial charge is 0.385 e. The van der Waals surface area contributed by atoms with Crippen LogP contribution in [-0.4, -0.2) is 42.9 Å². The molecular formula is C31H65NO3P+. The van der Waals surface area contributed by atoms with Crippen molar-refractivity contribution in [2.45, 2.75) is 161 Å². The summed E-state index contributed by atoms with van der Waals surface area (Å²) in [5.41, 5.74) is 0. The van der Waals surface area contributed by atoms with Gasteiger partial charge in [0, 0.05) is 6.42 Å². The Morgan fingerprint density at radius 2 is 1.03 bits per heavy atom. The van der Waals surface area contributed by atoms with Crippen molar-refractivity contribution >= 4 is 7.60 Å². The van der Waals surface area contributed by atoms with Crippen molar-refractivity contribution in [3.05, 3.63) is 12.2 Å². The number of hydrogen-bond acceptors (Lipinski definition) is 2. The molecule has 0 aliphatic rings. The highest BCUT2D eigenvalue weighted by Gasteiger charge is 2.41. The van der Waals surface area contributed by atoms with Crippen molar-refractivity contribution in [3.63, 3.8) is 0 Å². The second-order valence-electron chi connectivity index (χ2n) is 11.8. The number of hydrogen-bond donors (Lipinski definition) is 1. The SMILES string of the molecule is CCCCCCCCCCCCCCC/C=C\CCCCCCCOP(=O)(O)C(CCC)[N+](C)(C)C. The molecule has 0 aliphatic carbocycles. The predicted octanol–water partition coefficient (Wildman–Crippen LogP) is 10.4. The fraction of sp³-hybridized carbons (Fsp3) is 0.935. The van der Waals surface area contributed by atoms with Gasteiger partial charge in [-0.1, -0.05) is 122 Å². The summed E-state index contributed by atoms with van der Waals surface area (Å²) >= 11 is 0. The molecule has 0 fully saturated rings. The first-order chi connectivity index (χ1) is 17.3. The van der Waals surface area contributed by atoms with Gasteiger partial charge in [0.05, 0.1) is 27.7 Å². The highest BCUT2D eigenvalue weighted by atomic mass is 31.2. The van der Waals surface area contributed by atoms with Gasteiger partial charge in [0.2, 0.25) is 0 Å². The Morgan fingerprint density at radius 3 is 1.42 bits per heavy atom. The maximum atomic E-state index is 12.7. The van der Waals surface area contributed by atoms with Gasteiger partial charge in [-0.2, -0.15) is 0 Å². The van der Waals surface area contributed by atoms with E-state index >= 15 is 0 Å². The maximum Gasteiger partial charge on any atom is 0.385 e. The lowest BCUT2D eigenvalue weighted by Gasteiger charge is -2.35. The van der Waals surface area contributed by atoms with Gasteiger partial charge in [0.25, 0.3) is 0 Å². The quantitative estimate of drug-likeness (QED) is 0.0497. The minimum absolute atomic E-state index is 0.339. The Labute approximate surface area is 226 Å². The van der Waals surface area contributed by atoms with Crippen molar-refractivity contribution in [2.24, 2.45) is 0 Å². The molecule has 0 aromatic heterocycles. The lowest BCUT2D eigenvalue weighted by atomic mass is 10.0. The molecule has 0 saturated heterocycles. The summed E-state index contributed by atoms with van der Waals surface area (Å²) in [4.78, 5) is 10.4. The number of allylic oxidation sites excluding steroid dienone is 2. The fourth-order valence-electron chi connectivity index (χ4n) is 4.94. The van der Waals surface area contributed by atoms with Crippen LogP contribution >= 0.6 is 7.60 Å². The summed E-state index contributed by atoms with van der Waals surface area (Å²) < 4.78 is 18.6. The molecule has 0 spiro atoms. The van der Waals surface area contributed by atoms with E-state index in [0.717, 1.165) is 19.3 Å². The summed E-state index contributed by atoms with van der Waals surface area (Å²) in [5.74, 6) is -0.339. The lowest BCUT2D eigenvalue weighted by Crippen LogP contribution is -2.45. The molecule has 0 heterocycles. The maximum absolute atomic E-state index is 12.7. The molecule has 2 unspecified atom stereocenters. The molecular weight excluding hydrogens is 465 g/mol. The van der Waals surface area contributed by atoms with E-state index in [1.165, 1.54) is 116 Å². The van der Waals surface area contributed by atoms with Gasteiger partial charge in [-0.05, 0) is 38.5 Å². The summed E-state index contributed by atoms with van der Waals surface area (Å²) in [6, 6.07) is 0. The zero-order valence-corrected chi connectivity index (χ0v) is 26.0. The van der Waals surface area contributed by atoms with E-state index in [9.17, 15) is 9.46 Å². The lowest BCUT2D eigenvalue weighted by molar-refractivity contribution is -0.883. The first kappa shape index (κ1) is 35.9. The monoisotopic (exact) mass is 530 g/mol. The van der Waals surface area contributed by atoms with Crippen LogP contribution in [-0.2, 0) is 9.09 Å². The van der Waals surface area contributed by atoms with Crippen molar-refractivity contribution in [1.82, 2.24) is 0 Å². The van der Waals surface area contributed by atoms with Crippen LogP contribution in [0.4, 0.5) is 0 Å². The van der Waals surface area contributed by atoms with Gasteiger partial charge in [0.15, 0.2) is 5.78 Å². The first-order valence-corrected chi connectivity index (χ1v) is 17.3. The van der Waals surface area contributed by atoms with Gasteiger partial charge in [-0.15, -0.1) is 0 Å². The minimum atomic E-state index is -3.57. The molecule has 5 heteroatoms. The Kier molecular flexibility index (Phi) is 23.8. The second-order valence-corrected chi connectivity index (χ2v) is 13.8. The van der Waals surface area contributed by atoms with Crippen LogP contribution in [0.5, 0.6) is 0 Å². The Balaban J connectivity index is 3.46. The van der Waals surface area contributed by atoms with Crippen LogP contribution in [0.2, 0.25) is 0 Å². The molecule has 0 amide bonds. The van der Waals surface area contributed by atoms with Crippen molar-refractivity contribution < 1.29 is 18.5 Å². The second kappa shape index (κ2) is 23.9. The van der Waals surface area contributed by atoms with Crippen LogP contribution < -0.4 is 0 Å². The van der Waals surface area contributed by atoms with E-state index in [1.54, 1.807) is 0 Å². The average molecular weight is 531 g/mol. The summed E-state index contributed by atoms with van der Waals surface area (Å²) in [6.07, 6.45) is 32.8. The van der Waals surface area contributed by atoms with E-state index in [0.29, 0.717) is 17.5 Å². The number of rotatable bonds is 27. The van der Waals surface area contributed by atoms with E-state index < -0.39 is 7.60 Å². The van der Waals surface area contributed by atoms with Crippen LogP contribution in [0.3, 0.4) is 0 Å². The number of nitrogens with zero attached hydrogens (tertiary/aromatic N) is 1. The molecule has 0 aromatic rings. The van der Waals surface area contributed by atoms with Crippen LogP contribution in [0.15, 0.2) is 12.2 Å².